The molecule has 2 aromatic rings. The van der Waals surface area contributed by atoms with E-state index in [4.69, 9.17) is 10.2 Å². The van der Waals surface area contributed by atoms with Gasteiger partial charge in [-0.25, -0.2) is 16.8 Å². The van der Waals surface area contributed by atoms with Gasteiger partial charge in [-0.15, -0.1) is 0 Å². The Morgan fingerprint density at radius 3 is 1.12 bits per heavy atom. The van der Waals surface area contributed by atoms with Crippen molar-refractivity contribution >= 4 is 19.7 Å². The minimum atomic E-state index is -3.49. The van der Waals surface area contributed by atoms with Gasteiger partial charge in [0.2, 0.25) is 0 Å². The zero-order chi connectivity index (χ0) is 17.8. The minimum absolute atomic E-state index is 0.127. The number of hydrogen-bond acceptors (Lipinski definition) is 6. The average molecular weight is 370 g/mol. The first-order chi connectivity index (χ1) is 11.3. The van der Waals surface area contributed by atoms with Crippen molar-refractivity contribution in [3.05, 3.63) is 48.5 Å². The van der Waals surface area contributed by atoms with Gasteiger partial charge < -0.3 is 10.2 Å². The third kappa shape index (κ3) is 4.21. The summed E-state index contributed by atoms with van der Waals surface area (Å²) in [5.74, 6) is -0.659. The van der Waals surface area contributed by atoms with E-state index in [1.807, 2.05) is 0 Å². The maximum absolute atomic E-state index is 11.8. The van der Waals surface area contributed by atoms with Crippen molar-refractivity contribution in [3.8, 4) is 11.1 Å². The summed E-state index contributed by atoms with van der Waals surface area (Å²) >= 11 is 0. The van der Waals surface area contributed by atoms with E-state index in [1.165, 1.54) is 24.3 Å². The van der Waals surface area contributed by atoms with Gasteiger partial charge in [-0.2, -0.15) is 0 Å². The molecule has 0 spiro atoms. The van der Waals surface area contributed by atoms with Gasteiger partial charge >= 0.3 is 0 Å². The van der Waals surface area contributed by atoms with Crippen LogP contribution in [0.3, 0.4) is 0 Å². The van der Waals surface area contributed by atoms with E-state index in [0.29, 0.717) is 0 Å². The molecular formula is C16H18O6S2. The van der Waals surface area contributed by atoms with Crippen LogP contribution in [0, 0.1) is 0 Å². The lowest BCUT2D eigenvalue weighted by Crippen LogP contribution is -2.10. The summed E-state index contributed by atoms with van der Waals surface area (Å²) in [5, 5.41) is 17.6. The molecule has 2 N–H and O–H groups in total. The van der Waals surface area contributed by atoms with Crippen molar-refractivity contribution in [1.29, 1.82) is 0 Å². The van der Waals surface area contributed by atoms with Crippen molar-refractivity contribution in [3.63, 3.8) is 0 Å². The highest BCUT2D eigenvalue weighted by atomic mass is 32.2. The molecule has 0 aliphatic carbocycles. The number of rotatable bonds is 7. The molecule has 0 saturated carbocycles. The second-order valence-corrected chi connectivity index (χ2v) is 9.35. The van der Waals surface area contributed by atoms with E-state index in [0.717, 1.165) is 11.1 Å². The number of aliphatic hydroxyl groups excluding tert-OH is 2. The summed E-state index contributed by atoms with van der Waals surface area (Å²) < 4.78 is 47.4. The molecule has 130 valence electrons. The van der Waals surface area contributed by atoms with Crippen molar-refractivity contribution in [2.45, 2.75) is 9.79 Å². The molecule has 0 aliphatic rings. The van der Waals surface area contributed by atoms with Crippen LogP contribution >= 0.6 is 0 Å². The SMILES string of the molecule is O=S(=O)(CCO)c1ccc(-c2ccc(S(=O)(=O)CCO)cc2)cc1. The number of sulfone groups is 2. The molecule has 0 aromatic heterocycles. The highest BCUT2D eigenvalue weighted by molar-refractivity contribution is 7.91. The van der Waals surface area contributed by atoms with Crippen LogP contribution in [0.2, 0.25) is 0 Å². The number of hydrogen-bond donors (Lipinski definition) is 2. The van der Waals surface area contributed by atoms with Crippen LogP contribution in [0.1, 0.15) is 0 Å². The molecule has 0 bridgehead atoms. The summed E-state index contributed by atoms with van der Waals surface area (Å²) in [5.41, 5.74) is 1.48. The van der Waals surface area contributed by atoms with Crippen molar-refractivity contribution < 1.29 is 27.0 Å². The second kappa shape index (κ2) is 7.43. The van der Waals surface area contributed by atoms with Gasteiger partial charge in [-0.05, 0) is 35.4 Å². The van der Waals surface area contributed by atoms with Crippen LogP contribution < -0.4 is 0 Å². The van der Waals surface area contributed by atoms with Gasteiger partial charge in [-0.1, -0.05) is 24.3 Å². The van der Waals surface area contributed by atoms with E-state index in [9.17, 15) is 16.8 Å². The molecule has 6 nitrogen and oxygen atoms in total. The normalized spacial score (nSPS) is 12.2. The van der Waals surface area contributed by atoms with E-state index in [-0.39, 0.29) is 21.3 Å². The van der Waals surface area contributed by atoms with Crippen LogP contribution in [0.5, 0.6) is 0 Å². The fourth-order valence-electron chi connectivity index (χ4n) is 2.19. The largest absolute Gasteiger partial charge is 0.395 e. The maximum atomic E-state index is 11.8. The fourth-order valence-corrected chi connectivity index (χ4v) is 4.24. The van der Waals surface area contributed by atoms with Crippen LogP contribution in [0.25, 0.3) is 11.1 Å². The molecule has 0 saturated heterocycles. The van der Waals surface area contributed by atoms with Crippen molar-refractivity contribution in [2.24, 2.45) is 0 Å². The third-order valence-electron chi connectivity index (χ3n) is 3.48. The predicted molar refractivity (Wildman–Crippen MR) is 90.2 cm³/mol. The van der Waals surface area contributed by atoms with Gasteiger partial charge in [0, 0.05) is 0 Å². The Kier molecular flexibility index (Phi) is 5.76. The Labute approximate surface area is 141 Å². The summed E-state index contributed by atoms with van der Waals surface area (Å²) in [6.45, 7) is -0.873. The lowest BCUT2D eigenvalue weighted by atomic mass is 10.1. The van der Waals surface area contributed by atoms with Gasteiger partial charge in [0.25, 0.3) is 0 Å². The highest BCUT2D eigenvalue weighted by Crippen LogP contribution is 2.23. The lowest BCUT2D eigenvalue weighted by molar-refractivity contribution is 0.319. The average Bonchev–Trinajstić information content (AvgIpc) is 2.55. The molecule has 0 atom stereocenters. The van der Waals surface area contributed by atoms with E-state index in [1.54, 1.807) is 24.3 Å². The fraction of sp³-hybridized carbons (Fsp3) is 0.250. The summed E-state index contributed by atoms with van der Waals surface area (Å²) in [7, 11) is -6.99. The molecule has 2 rings (SSSR count). The van der Waals surface area contributed by atoms with Crippen LogP contribution in [-0.4, -0.2) is 51.8 Å². The van der Waals surface area contributed by atoms with Gasteiger partial charge in [-0.3, -0.25) is 0 Å². The lowest BCUT2D eigenvalue weighted by Gasteiger charge is -2.07. The zero-order valence-corrected chi connectivity index (χ0v) is 14.4. The summed E-state index contributed by atoms with van der Waals surface area (Å²) in [4.78, 5) is 0.255. The predicted octanol–water partition coefficient (Wildman–Crippen LogP) is 0.886. The number of aliphatic hydroxyl groups is 2. The van der Waals surface area contributed by atoms with Crippen LogP contribution in [0.4, 0.5) is 0 Å². The molecule has 8 heteroatoms. The Morgan fingerprint density at radius 2 is 0.875 bits per heavy atom. The summed E-state index contributed by atoms with van der Waals surface area (Å²) in [6, 6.07) is 12.3. The van der Waals surface area contributed by atoms with E-state index in [2.05, 4.69) is 0 Å². The summed E-state index contributed by atoms with van der Waals surface area (Å²) in [6.07, 6.45) is 0. The number of benzene rings is 2. The quantitative estimate of drug-likeness (QED) is 0.749. The first kappa shape index (κ1) is 18.6. The Bertz CT molecular complexity index is 805. The Balaban J connectivity index is 2.27. The van der Waals surface area contributed by atoms with E-state index < -0.39 is 32.9 Å². The van der Waals surface area contributed by atoms with Gasteiger partial charge in [0.1, 0.15) is 0 Å². The van der Waals surface area contributed by atoms with E-state index >= 15 is 0 Å². The van der Waals surface area contributed by atoms with Gasteiger partial charge in [0.15, 0.2) is 19.7 Å². The topological polar surface area (TPSA) is 109 Å². The third-order valence-corrected chi connectivity index (χ3v) is 6.90. The van der Waals surface area contributed by atoms with Crippen LogP contribution in [0.15, 0.2) is 58.3 Å². The first-order valence-corrected chi connectivity index (χ1v) is 10.5. The molecule has 0 radical (unpaired) electrons. The maximum Gasteiger partial charge on any atom is 0.180 e. The molecule has 0 heterocycles. The van der Waals surface area contributed by atoms with Crippen molar-refractivity contribution in [1.82, 2.24) is 0 Å². The Morgan fingerprint density at radius 1 is 0.583 bits per heavy atom. The second-order valence-electron chi connectivity index (χ2n) is 5.13. The van der Waals surface area contributed by atoms with Gasteiger partial charge in [0.05, 0.1) is 34.5 Å². The van der Waals surface area contributed by atoms with Crippen molar-refractivity contribution in [2.75, 3.05) is 24.7 Å². The smallest absolute Gasteiger partial charge is 0.180 e. The molecule has 24 heavy (non-hydrogen) atoms. The first-order valence-electron chi connectivity index (χ1n) is 7.18. The monoisotopic (exact) mass is 370 g/mol. The molecule has 0 amide bonds. The molecule has 0 unspecified atom stereocenters. The zero-order valence-electron chi connectivity index (χ0n) is 12.8. The van der Waals surface area contributed by atoms with Crippen LogP contribution in [-0.2, 0) is 19.7 Å². The molecule has 0 fully saturated rings. The standard InChI is InChI=1S/C16H18O6S2/c17-9-11-23(19,20)15-5-1-13(2-6-15)14-3-7-16(8-4-14)24(21,22)12-10-18/h1-8,17-18H,9-12H2. The molecule has 0 aliphatic heterocycles. The Hall–Kier alpha value is -1.74. The molecule has 2 aromatic carbocycles. The molecular weight excluding hydrogens is 352 g/mol. The highest BCUT2D eigenvalue weighted by Gasteiger charge is 2.15. The minimum Gasteiger partial charge on any atom is -0.395 e.